The van der Waals surface area contributed by atoms with Crippen molar-refractivity contribution in [2.75, 3.05) is 0 Å². The van der Waals surface area contributed by atoms with Crippen molar-refractivity contribution in [1.29, 1.82) is 0 Å². The molecule has 1 N–H and O–H groups in total. The van der Waals surface area contributed by atoms with Gasteiger partial charge in [-0.25, -0.2) is 0 Å². The molecule has 6 heteroatoms. The Morgan fingerprint density at radius 3 is 2.48 bits per heavy atom. The smallest absolute Gasteiger partial charge is 0.416 e. The molecule has 0 saturated heterocycles. The number of benzene rings is 1. The zero-order chi connectivity index (χ0) is 19.1. The van der Waals surface area contributed by atoms with Crippen molar-refractivity contribution >= 4 is 8.32 Å². The molecule has 0 aliphatic rings. The highest BCUT2D eigenvalue weighted by Crippen LogP contribution is 2.33. The Morgan fingerprint density at radius 2 is 1.96 bits per heavy atom. The third-order valence-corrected chi connectivity index (χ3v) is 6.15. The molecule has 0 aliphatic carbocycles. The van der Waals surface area contributed by atoms with E-state index in [0.717, 1.165) is 37.8 Å². The summed E-state index contributed by atoms with van der Waals surface area (Å²) in [5.74, 6) is 0. The monoisotopic (exact) mass is 374 g/mol. The lowest BCUT2D eigenvalue weighted by molar-refractivity contribution is -0.137. The highest BCUT2D eigenvalue weighted by molar-refractivity contribution is 6.71. The Hall–Kier alpha value is -1.11. The van der Waals surface area contributed by atoms with Crippen LogP contribution in [0, 0.1) is 0 Å². The Kier molecular flexibility index (Phi) is 8.37. The zero-order valence-electron chi connectivity index (χ0n) is 15.3. The van der Waals surface area contributed by atoms with Crippen molar-refractivity contribution in [3.63, 3.8) is 0 Å². The number of rotatable bonds is 10. The van der Waals surface area contributed by atoms with Crippen LogP contribution in [0.3, 0.4) is 0 Å². The van der Waals surface area contributed by atoms with Crippen LogP contribution in [0.2, 0.25) is 13.1 Å². The molecule has 25 heavy (non-hydrogen) atoms. The molecule has 1 aromatic carbocycles. The fourth-order valence-electron chi connectivity index (χ4n) is 2.70. The van der Waals surface area contributed by atoms with E-state index in [9.17, 15) is 18.0 Å². The summed E-state index contributed by atoms with van der Waals surface area (Å²) in [5, 5.41) is 0. The lowest BCUT2D eigenvalue weighted by Crippen LogP contribution is -2.44. The van der Waals surface area contributed by atoms with Gasteiger partial charge < -0.3 is 9.53 Å². The maximum atomic E-state index is 13.0. The van der Waals surface area contributed by atoms with Gasteiger partial charge in [0.05, 0.1) is 17.4 Å². The molecule has 0 radical (unpaired) electrons. The second-order valence-electron chi connectivity index (χ2n) is 6.91. The van der Waals surface area contributed by atoms with E-state index < -0.39 is 26.2 Å². The molecule has 0 aliphatic heterocycles. The zero-order valence-corrected chi connectivity index (χ0v) is 16.3. The summed E-state index contributed by atoms with van der Waals surface area (Å²) in [6.45, 7) is 9.40. The first kappa shape index (κ1) is 21.9. The number of unbranched alkanes of at least 4 members (excludes halogenated alkanes) is 2. The second kappa shape index (κ2) is 9.55. The van der Waals surface area contributed by atoms with Gasteiger partial charge in [0.15, 0.2) is 0 Å². The van der Waals surface area contributed by atoms with E-state index >= 15 is 0 Å². The van der Waals surface area contributed by atoms with Gasteiger partial charge in [0, 0.05) is 0 Å². The van der Waals surface area contributed by atoms with Crippen LogP contribution in [0.15, 0.2) is 36.9 Å². The molecule has 0 saturated carbocycles. The molecule has 2 nitrogen and oxygen atoms in total. The standard InChI is InChI=1S/C19H29F3O2Si/c1-5-7-8-13-18(25(3,4)23)24-17(10-6-2)15-11-9-12-16(14-15)19(20,21)22/h6,9,11-12,14,17-18,23H,2,5,7-8,10,13H2,1,3-4H3/t17-,18+/m1/s1. The van der Waals surface area contributed by atoms with Gasteiger partial charge in [0.2, 0.25) is 8.32 Å². The van der Waals surface area contributed by atoms with Crippen LogP contribution in [0.1, 0.15) is 56.3 Å². The molecular formula is C19H29F3O2Si. The predicted molar refractivity (Wildman–Crippen MR) is 97.7 cm³/mol. The average Bonchev–Trinajstić information content (AvgIpc) is 2.51. The van der Waals surface area contributed by atoms with Gasteiger partial charge in [0.1, 0.15) is 0 Å². The summed E-state index contributed by atoms with van der Waals surface area (Å²) in [6.07, 6.45) is 0.864. The molecule has 0 fully saturated rings. The maximum Gasteiger partial charge on any atom is 0.416 e. The summed E-state index contributed by atoms with van der Waals surface area (Å²) in [4.78, 5) is 10.5. The van der Waals surface area contributed by atoms with Crippen LogP contribution in [-0.4, -0.2) is 18.8 Å². The first-order valence-electron chi connectivity index (χ1n) is 8.75. The van der Waals surface area contributed by atoms with Crippen LogP contribution >= 0.6 is 0 Å². The lowest BCUT2D eigenvalue weighted by Gasteiger charge is -2.31. The highest BCUT2D eigenvalue weighted by atomic mass is 28.4. The minimum atomic E-state index is -4.39. The van der Waals surface area contributed by atoms with E-state index in [-0.39, 0.29) is 5.73 Å². The number of alkyl halides is 3. The van der Waals surface area contributed by atoms with Gasteiger partial charge in [-0.15, -0.1) is 6.58 Å². The summed E-state index contributed by atoms with van der Waals surface area (Å²) in [6, 6.07) is 5.21. The Balaban J connectivity index is 3.02. The van der Waals surface area contributed by atoms with Gasteiger partial charge in [-0.3, -0.25) is 0 Å². The number of ether oxygens (including phenoxy) is 1. The molecule has 1 rings (SSSR count). The van der Waals surface area contributed by atoms with Crippen LogP contribution in [0.5, 0.6) is 0 Å². The molecule has 142 valence electrons. The number of hydrogen-bond acceptors (Lipinski definition) is 2. The molecule has 0 unspecified atom stereocenters. The van der Waals surface area contributed by atoms with E-state index in [2.05, 4.69) is 13.5 Å². The van der Waals surface area contributed by atoms with Gasteiger partial charge in [-0.2, -0.15) is 13.2 Å². The normalized spacial score (nSPS) is 15.0. The van der Waals surface area contributed by atoms with E-state index in [4.69, 9.17) is 4.74 Å². The van der Waals surface area contributed by atoms with Crippen molar-refractivity contribution in [3.05, 3.63) is 48.0 Å². The summed E-state index contributed by atoms with van der Waals surface area (Å²) < 4.78 is 45.1. The van der Waals surface area contributed by atoms with Gasteiger partial charge >= 0.3 is 6.18 Å². The molecule has 0 bridgehead atoms. The average molecular weight is 375 g/mol. The van der Waals surface area contributed by atoms with Crippen molar-refractivity contribution < 1.29 is 22.7 Å². The molecule has 0 amide bonds. The van der Waals surface area contributed by atoms with E-state index in [1.165, 1.54) is 6.07 Å². The Labute approximate surface area is 149 Å². The molecule has 0 aromatic heterocycles. The van der Waals surface area contributed by atoms with Crippen molar-refractivity contribution in [1.82, 2.24) is 0 Å². The van der Waals surface area contributed by atoms with Gasteiger partial charge in [-0.1, -0.05) is 44.4 Å². The first-order valence-corrected chi connectivity index (χ1v) is 11.8. The minimum Gasteiger partial charge on any atom is -0.430 e. The topological polar surface area (TPSA) is 29.5 Å². The first-order chi connectivity index (χ1) is 11.6. The summed E-state index contributed by atoms with van der Waals surface area (Å²) >= 11 is 0. The molecule has 0 spiro atoms. The third-order valence-electron chi connectivity index (χ3n) is 4.15. The Morgan fingerprint density at radius 1 is 1.28 bits per heavy atom. The van der Waals surface area contributed by atoms with E-state index in [0.29, 0.717) is 12.0 Å². The van der Waals surface area contributed by atoms with Crippen molar-refractivity contribution in [3.8, 4) is 0 Å². The van der Waals surface area contributed by atoms with Gasteiger partial charge in [0.25, 0.3) is 0 Å². The molecule has 0 heterocycles. The van der Waals surface area contributed by atoms with Gasteiger partial charge in [-0.05, 0) is 43.6 Å². The fourth-order valence-corrected chi connectivity index (χ4v) is 4.11. The molecule has 1 aromatic rings. The number of halogens is 3. The second-order valence-corrected chi connectivity index (χ2v) is 10.9. The maximum absolute atomic E-state index is 13.0. The number of hydrogen-bond donors (Lipinski definition) is 1. The summed E-state index contributed by atoms with van der Waals surface area (Å²) in [5.41, 5.74) is -0.544. The van der Waals surface area contributed by atoms with Crippen LogP contribution in [0.4, 0.5) is 13.2 Å². The largest absolute Gasteiger partial charge is 0.430 e. The third kappa shape index (κ3) is 7.34. The highest BCUT2D eigenvalue weighted by Gasteiger charge is 2.34. The van der Waals surface area contributed by atoms with E-state index in [1.807, 2.05) is 0 Å². The van der Waals surface area contributed by atoms with E-state index in [1.54, 1.807) is 25.2 Å². The fraction of sp³-hybridized carbons (Fsp3) is 0.579. The SMILES string of the molecule is C=CC[C@@H](O[C@H](CCCCC)[Si](C)(C)O)c1cccc(C(F)(F)F)c1. The Bertz CT molecular complexity index is 538. The quantitative estimate of drug-likeness (QED) is 0.308. The van der Waals surface area contributed by atoms with Crippen LogP contribution in [0.25, 0.3) is 0 Å². The molecule has 2 atom stereocenters. The van der Waals surface area contributed by atoms with Crippen LogP contribution in [-0.2, 0) is 10.9 Å². The van der Waals surface area contributed by atoms with Crippen molar-refractivity contribution in [2.45, 2.75) is 70.1 Å². The molecular weight excluding hydrogens is 345 g/mol. The van der Waals surface area contributed by atoms with Crippen molar-refractivity contribution in [2.24, 2.45) is 0 Å². The van der Waals surface area contributed by atoms with Crippen LogP contribution < -0.4 is 0 Å². The summed E-state index contributed by atoms with van der Waals surface area (Å²) in [7, 11) is -2.59. The lowest BCUT2D eigenvalue weighted by atomic mass is 10.0. The predicted octanol–water partition coefficient (Wildman–Crippen LogP) is 6.02. The minimum absolute atomic E-state index is 0.321.